The van der Waals surface area contributed by atoms with Crippen LogP contribution in [0.5, 0.6) is 0 Å². The van der Waals surface area contributed by atoms with E-state index >= 15 is 0 Å². The van der Waals surface area contributed by atoms with Crippen molar-refractivity contribution in [3.05, 3.63) is 39.1 Å². The lowest BCUT2D eigenvalue weighted by atomic mass is 10.2. The second kappa shape index (κ2) is 4.71. The van der Waals surface area contributed by atoms with Gasteiger partial charge in [0, 0.05) is 11.9 Å². The molecule has 1 heterocycles. The number of rotatable bonds is 2. The molecule has 0 aliphatic heterocycles. The second-order valence-corrected chi connectivity index (χ2v) is 4.86. The van der Waals surface area contributed by atoms with Gasteiger partial charge in [-0.1, -0.05) is 28.4 Å². The third kappa shape index (κ3) is 2.13. The van der Waals surface area contributed by atoms with Gasteiger partial charge in [0.05, 0.1) is 16.4 Å². The first-order valence-electron chi connectivity index (χ1n) is 5.31. The van der Waals surface area contributed by atoms with Crippen molar-refractivity contribution in [3.63, 3.8) is 0 Å². The fraction of sp³-hybridized carbons (Fsp3) is 0.250. The van der Waals surface area contributed by atoms with Crippen LogP contribution in [0, 0.1) is 13.8 Å². The second-order valence-electron chi connectivity index (χ2n) is 4.04. The van der Waals surface area contributed by atoms with Crippen molar-refractivity contribution in [1.29, 1.82) is 0 Å². The highest BCUT2D eigenvalue weighted by atomic mass is 35.5. The summed E-state index contributed by atoms with van der Waals surface area (Å²) in [5.74, 6) is -0.131. The van der Waals surface area contributed by atoms with E-state index in [4.69, 9.17) is 23.2 Å². The minimum absolute atomic E-state index is 0.131. The number of Topliss-reactive ketones (excluding diaryl/α,β-unsaturated/α-hetero) is 1. The summed E-state index contributed by atoms with van der Waals surface area (Å²) in [7, 11) is 0. The average molecular weight is 284 g/mol. The summed E-state index contributed by atoms with van der Waals surface area (Å²) in [6.45, 7) is 5.08. The van der Waals surface area contributed by atoms with Crippen LogP contribution in [0.25, 0.3) is 5.69 Å². The highest BCUT2D eigenvalue weighted by Gasteiger charge is 2.16. The number of aryl methyl sites for hydroxylation is 1. The van der Waals surface area contributed by atoms with Gasteiger partial charge in [-0.25, -0.2) is 4.68 Å². The van der Waals surface area contributed by atoms with E-state index in [0.717, 1.165) is 5.56 Å². The third-order valence-corrected chi connectivity index (χ3v) is 3.39. The Bertz CT molecular complexity index is 634. The van der Waals surface area contributed by atoms with Crippen LogP contribution in [0.4, 0.5) is 0 Å². The molecule has 2 aromatic rings. The van der Waals surface area contributed by atoms with Gasteiger partial charge in [0.15, 0.2) is 11.5 Å². The third-order valence-electron chi connectivity index (χ3n) is 2.68. The van der Waals surface area contributed by atoms with E-state index in [0.29, 0.717) is 27.1 Å². The normalized spacial score (nSPS) is 10.7. The fourth-order valence-corrected chi connectivity index (χ4v) is 2.14. The summed E-state index contributed by atoms with van der Waals surface area (Å²) in [4.78, 5) is 11.3. The Balaban J connectivity index is 2.63. The van der Waals surface area contributed by atoms with Gasteiger partial charge in [-0.05, 0) is 31.5 Å². The zero-order valence-electron chi connectivity index (χ0n) is 10.2. The average Bonchev–Trinajstić information content (AvgIpc) is 2.66. The van der Waals surface area contributed by atoms with Crippen LogP contribution in [0.15, 0.2) is 12.1 Å². The zero-order chi connectivity index (χ0) is 13.4. The molecule has 0 saturated carbocycles. The molecule has 0 bridgehead atoms. The number of hydrogen-bond donors (Lipinski definition) is 0. The molecule has 94 valence electrons. The molecule has 0 N–H and O–H groups in total. The van der Waals surface area contributed by atoms with Crippen molar-refractivity contribution in [3.8, 4) is 5.69 Å². The fourth-order valence-electron chi connectivity index (χ4n) is 1.68. The Kier molecular flexibility index (Phi) is 3.41. The molecule has 18 heavy (non-hydrogen) atoms. The van der Waals surface area contributed by atoms with Gasteiger partial charge in [0.1, 0.15) is 0 Å². The number of nitrogens with zero attached hydrogens (tertiary/aromatic N) is 3. The Morgan fingerprint density at radius 3 is 2.44 bits per heavy atom. The molecule has 2 rings (SSSR count). The van der Waals surface area contributed by atoms with E-state index in [2.05, 4.69) is 10.3 Å². The molecule has 1 aromatic heterocycles. The highest BCUT2D eigenvalue weighted by molar-refractivity contribution is 6.35. The van der Waals surface area contributed by atoms with Crippen molar-refractivity contribution in [2.24, 2.45) is 0 Å². The van der Waals surface area contributed by atoms with Crippen molar-refractivity contribution in [1.82, 2.24) is 15.0 Å². The van der Waals surface area contributed by atoms with Crippen LogP contribution in [-0.4, -0.2) is 20.8 Å². The molecule has 0 fully saturated rings. The smallest absolute Gasteiger partial charge is 0.181 e. The van der Waals surface area contributed by atoms with E-state index < -0.39 is 0 Å². The minimum Gasteiger partial charge on any atom is -0.293 e. The van der Waals surface area contributed by atoms with E-state index in [1.54, 1.807) is 19.1 Å². The lowest BCUT2D eigenvalue weighted by molar-refractivity contribution is 0.101. The predicted molar refractivity (Wildman–Crippen MR) is 70.9 cm³/mol. The van der Waals surface area contributed by atoms with Gasteiger partial charge >= 0.3 is 0 Å². The maximum Gasteiger partial charge on any atom is 0.181 e. The molecule has 0 unspecified atom stereocenters. The first kappa shape index (κ1) is 13.1. The molecule has 0 saturated heterocycles. The summed E-state index contributed by atoms with van der Waals surface area (Å²) >= 11 is 12.2. The van der Waals surface area contributed by atoms with E-state index in [1.165, 1.54) is 11.6 Å². The van der Waals surface area contributed by atoms with Gasteiger partial charge in [-0.15, -0.1) is 5.10 Å². The monoisotopic (exact) mass is 283 g/mol. The van der Waals surface area contributed by atoms with Gasteiger partial charge in [0.2, 0.25) is 0 Å². The lowest BCUT2D eigenvalue weighted by Gasteiger charge is -2.08. The summed E-state index contributed by atoms with van der Waals surface area (Å²) in [5.41, 5.74) is 2.48. The first-order valence-corrected chi connectivity index (χ1v) is 6.06. The van der Waals surface area contributed by atoms with E-state index in [1.807, 2.05) is 6.92 Å². The number of ketones is 1. The molecular weight excluding hydrogens is 273 g/mol. The largest absolute Gasteiger partial charge is 0.293 e. The van der Waals surface area contributed by atoms with Gasteiger partial charge in [0.25, 0.3) is 0 Å². The quantitative estimate of drug-likeness (QED) is 0.794. The molecular formula is C12H11Cl2N3O. The van der Waals surface area contributed by atoms with Crippen LogP contribution < -0.4 is 0 Å². The molecule has 1 aromatic carbocycles. The summed E-state index contributed by atoms with van der Waals surface area (Å²) in [5, 5.41) is 8.89. The van der Waals surface area contributed by atoms with Crippen molar-refractivity contribution < 1.29 is 4.79 Å². The number of carbonyl (C=O) groups excluding carboxylic acids is 1. The molecule has 6 heteroatoms. The Morgan fingerprint density at radius 1 is 1.22 bits per heavy atom. The molecule has 0 aliphatic rings. The van der Waals surface area contributed by atoms with Crippen molar-refractivity contribution in [2.45, 2.75) is 20.8 Å². The molecule has 0 atom stereocenters. The van der Waals surface area contributed by atoms with Gasteiger partial charge in [-0.2, -0.15) is 0 Å². The Morgan fingerprint density at radius 2 is 1.89 bits per heavy atom. The van der Waals surface area contributed by atoms with E-state index in [9.17, 15) is 4.79 Å². The maximum absolute atomic E-state index is 11.3. The van der Waals surface area contributed by atoms with Crippen LogP contribution in [0.1, 0.15) is 28.7 Å². The first-order chi connectivity index (χ1) is 8.41. The standard InChI is InChI=1S/C12H11Cl2N3O/c1-6-4-10(14)11(5-9(6)13)17-7(2)12(8(3)18)15-16-17/h4-5H,1-3H3. The number of halogens is 2. The van der Waals surface area contributed by atoms with Gasteiger partial charge in [-0.3, -0.25) is 4.79 Å². The summed E-state index contributed by atoms with van der Waals surface area (Å²) < 4.78 is 1.52. The summed E-state index contributed by atoms with van der Waals surface area (Å²) in [6.07, 6.45) is 0. The van der Waals surface area contributed by atoms with Crippen LogP contribution >= 0.6 is 23.2 Å². The molecule has 0 amide bonds. The number of aromatic nitrogens is 3. The number of benzene rings is 1. The van der Waals surface area contributed by atoms with Crippen molar-refractivity contribution in [2.75, 3.05) is 0 Å². The van der Waals surface area contributed by atoms with Crippen molar-refractivity contribution >= 4 is 29.0 Å². The summed E-state index contributed by atoms with van der Waals surface area (Å²) in [6, 6.07) is 3.47. The predicted octanol–water partition coefficient (Wildman–Crippen LogP) is 3.39. The van der Waals surface area contributed by atoms with Crippen LogP contribution in [0.3, 0.4) is 0 Å². The van der Waals surface area contributed by atoms with Crippen LogP contribution in [-0.2, 0) is 0 Å². The lowest BCUT2D eigenvalue weighted by Crippen LogP contribution is -2.02. The zero-order valence-corrected chi connectivity index (χ0v) is 11.7. The van der Waals surface area contributed by atoms with Gasteiger partial charge < -0.3 is 0 Å². The SMILES string of the molecule is CC(=O)c1nnn(-c2cc(Cl)c(C)cc2Cl)c1C. The molecule has 0 aliphatic carbocycles. The minimum atomic E-state index is -0.131. The molecule has 4 nitrogen and oxygen atoms in total. The molecule has 0 radical (unpaired) electrons. The topological polar surface area (TPSA) is 47.8 Å². The maximum atomic E-state index is 11.3. The Hall–Kier alpha value is -1.39. The molecule has 0 spiro atoms. The number of carbonyl (C=O) groups is 1. The highest BCUT2D eigenvalue weighted by Crippen LogP contribution is 2.28. The Labute approximate surface area is 115 Å². The van der Waals surface area contributed by atoms with E-state index in [-0.39, 0.29) is 5.78 Å². The number of hydrogen-bond acceptors (Lipinski definition) is 3. The van der Waals surface area contributed by atoms with Crippen LogP contribution in [0.2, 0.25) is 10.0 Å².